The third kappa shape index (κ3) is 3.38. The van der Waals surface area contributed by atoms with Gasteiger partial charge in [-0.3, -0.25) is 9.78 Å². The molecule has 0 unspecified atom stereocenters. The number of amides is 1. The molecule has 4 rings (SSSR count). The highest BCUT2D eigenvalue weighted by atomic mass is 32.2. The summed E-state index contributed by atoms with van der Waals surface area (Å²) in [5, 5.41) is 4.03. The van der Waals surface area contributed by atoms with Gasteiger partial charge in [-0.05, 0) is 24.3 Å². The summed E-state index contributed by atoms with van der Waals surface area (Å²) < 4.78 is 15.7. The lowest BCUT2D eigenvalue weighted by molar-refractivity contribution is -0.118. The fraction of sp³-hybridized carbons (Fsp3) is 0.111. The van der Waals surface area contributed by atoms with E-state index >= 15 is 0 Å². The summed E-state index contributed by atoms with van der Waals surface area (Å²) in [6.07, 6.45) is 3.10. The van der Waals surface area contributed by atoms with Gasteiger partial charge in [-0.15, -0.1) is 11.3 Å². The molecule has 3 heterocycles. The molecule has 0 aliphatic carbocycles. The van der Waals surface area contributed by atoms with Gasteiger partial charge < -0.3 is 5.32 Å². The number of carbonyl (C=O) groups is 1. The van der Waals surface area contributed by atoms with Crippen molar-refractivity contribution in [2.45, 2.75) is 11.6 Å². The summed E-state index contributed by atoms with van der Waals surface area (Å²) in [4.78, 5) is 24.8. The maximum atomic E-state index is 14.1. The average molecular weight is 384 g/mol. The molecule has 4 aromatic rings. The summed E-state index contributed by atoms with van der Waals surface area (Å²) in [6, 6.07) is 10.5. The van der Waals surface area contributed by atoms with E-state index in [2.05, 4.69) is 20.3 Å². The fourth-order valence-electron chi connectivity index (χ4n) is 2.54. The average Bonchev–Trinajstić information content (AvgIpc) is 3.06. The molecule has 8 heteroatoms. The van der Waals surface area contributed by atoms with Crippen molar-refractivity contribution in [3.63, 3.8) is 0 Å². The van der Waals surface area contributed by atoms with Gasteiger partial charge in [-0.1, -0.05) is 23.9 Å². The molecular formula is C18H13FN4OS2. The number of benzene rings is 1. The van der Waals surface area contributed by atoms with Gasteiger partial charge in [0.25, 0.3) is 0 Å². The second-order valence-corrected chi connectivity index (χ2v) is 7.47. The van der Waals surface area contributed by atoms with Crippen LogP contribution in [0, 0.1) is 5.82 Å². The molecule has 0 aliphatic heterocycles. The molecule has 0 atom stereocenters. The third-order valence-corrected chi connectivity index (χ3v) is 6.00. The zero-order valence-electron chi connectivity index (χ0n) is 13.5. The third-order valence-electron chi connectivity index (χ3n) is 3.73. The molecular weight excluding hydrogens is 371 g/mol. The number of nitrogens with one attached hydrogen (secondary N) is 1. The van der Waals surface area contributed by atoms with Crippen LogP contribution in [0.3, 0.4) is 0 Å². The van der Waals surface area contributed by atoms with Crippen molar-refractivity contribution in [1.29, 1.82) is 0 Å². The maximum absolute atomic E-state index is 14.1. The van der Waals surface area contributed by atoms with Gasteiger partial charge in [-0.2, -0.15) is 0 Å². The van der Waals surface area contributed by atoms with Crippen molar-refractivity contribution in [2.24, 2.45) is 0 Å². The van der Waals surface area contributed by atoms with Crippen molar-refractivity contribution in [1.82, 2.24) is 20.3 Å². The van der Waals surface area contributed by atoms with Crippen LogP contribution in [-0.4, -0.2) is 26.6 Å². The van der Waals surface area contributed by atoms with Gasteiger partial charge in [0, 0.05) is 10.9 Å². The van der Waals surface area contributed by atoms with E-state index in [9.17, 15) is 9.18 Å². The summed E-state index contributed by atoms with van der Waals surface area (Å²) in [6.45, 7) is 0.382. The van der Waals surface area contributed by atoms with Crippen molar-refractivity contribution >= 4 is 49.3 Å². The quantitative estimate of drug-likeness (QED) is 0.419. The second kappa shape index (κ2) is 7.35. The van der Waals surface area contributed by atoms with E-state index < -0.39 is 0 Å². The predicted octanol–water partition coefficient (Wildman–Crippen LogP) is 3.79. The Balaban J connectivity index is 1.50. The van der Waals surface area contributed by atoms with E-state index in [1.807, 2.05) is 24.3 Å². The zero-order valence-corrected chi connectivity index (χ0v) is 15.1. The molecule has 1 amide bonds. The van der Waals surface area contributed by atoms with Crippen molar-refractivity contribution in [3.8, 4) is 0 Å². The summed E-state index contributed by atoms with van der Waals surface area (Å²) in [7, 11) is 0. The predicted molar refractivity (Wildman–Crippen MR) is 102 cm³/mol. The van der Waals surface area contributed by atoms with E-state index in [1.165, 1.54) is 35.5 Å². The van der Waals surface area contributed by atoms with Crippen LogP contribution in [0.4, 0.5) is 4.39 Å². The van der Waals surface area contributed by atoms with Gasteiger partial charge in [0.15, 0.2) is 0 Å². The Labute approximate surface area is 156 Å². The molecule has 0 spiro atoms. The SMILES string of the molecule is O=C(CSc1ncnc2c1sc1cccc(F)c12)NCc1ccccn1. The van der Waals surface area contributed by atoms with Gasteiger partial charge in [-0.25, -0.2) is 14.4 Å². The molecule has 26 heavy (non-hydrogen) atoms. The fourth-order valence-corrected chi connectivity index (χ4v) is 4.61. The number of thioether (sulfide) groups is 1. The van der Waals surface area contributed by atoms with E-state index in [0.717, 1.165) is 15.1 Å². The number of rotatable bonds is 5. The highest BCUT2D eigenvalue weighted by molar-refractivity contribution is 8.00. The number of hydrogen-bond acceptors (Lipinski definition) is 6. The minimum atomic E-state index is -0.295. The summed E-state index contributed by atoms with van der Waals surface area (Å²) in [5.41, 5.74) is 1.39. The molecule has 0 saturated carbocycles. The Morgan fingerprint density at radius 2 is 2.08 bits per heavy atom. The normalized spacial score (nSPS) is 11.1. The number of nitrogens with zero attached hydrogens (tertiary/aromatic N) is 3. The minimum Gasteiger partial charge on any atom is -0.350 e. The van der Waals surface area contributed by atoms with E-state index in [4.69, 9.17) is 0 Å². The maximum Gasteiger partial charge on any atom is 0.230 e. The highest BCUT2D eigenvalue weighted by Gasteiger charge is 2.15. The Hall–Kier alpha value is -2.58. The van der Waals surface area contributed by atoms with Crippen LogP contribution in [0.15, 0.2) is 53.9 Å². The van der Waals surface area contributed by atoms with Crippen molar-refractivity contribution < 1.29 is 9.18 Å². The number of halogens is 1. The van der Waals surface area contributed by atoms with Gasteiger partial charge in [0.1, 0.15) is 17.2 Å². The van der Waals surface area contributed by atoms with E-state index in [1.54, 1.807) is 12.3 Å². The standard InChI is InChI=1S/C18H13FN4OS2/c19-12-5-3-6-13-15(12)16-17(26-13)18(23-10-22-16)25-9-14(24)21-8-11-4-1-2-7-20-11/h1-7,10H,8-9H2,(H,21,24). The van der Waals surface area contributed by atoms with E-state index in [0.29, 0.717) is 22.5 Å². The molecule has 5 nitrogen and oxygen atoms in total. The molecule has 1 aromatic carbocycles. The molecule has 0 aliphatic rings. The number of thiophene rings is 1. The Bertz CT molecular complexity index is 1080. The molecule has 130 valence electrons. The summed E-state index contributed by atoms with van der Waals surface area (Å²) >= 11 is 2.76. The lowest BCUT2D eigenvalue weighted by atomic mass is 10.2. The number of aromatic nitrogens is 3. The first kappa shape index (κ1) is 16.9. The van der Waals surface area contributed by atoms with Crippen LogP contribution >= 0.6 is 23.1 Å². The van der Waals surface area contributed by atoms with Crippen LogP contribution in [0.25, 0.3) is 20.3 Å². The zero-order chi connectivity index (χ0) is 17.9. The van der Waals surface area contributed by atoms with Crippen molar-refractivity contribution in [2.75, 3.05) is 5.75 Å². The number of carbonyl (C=O) groups excluding carboxylic acids is 1. The molecule has 0 saturated heterocycles. The highest BCUT2D eigenvalue weighted by Crippen LogP contribution is 2.38. The smallest absolute Gasteiger partial charge is 0.230 e. The molecule has 0 radical (unpaired) electrons. The van der Waals surface area contributed by atoms with Crippen LogP contribution < -0.4 is 5.32 Å². The Morgan fingerprint density at radius 3 is 2.92 bits per heavy atom. The molecule has 3 aromatic heterocycles. The first-order valence-electron chi connectivity index (χ1n) is 7.83. The largest absolute Gasteiger partial charge is 0.350 e. The van der Waals surface area contributed by atoms with Crippen LogP contribution in [0.1, 0.15) is 5.69 Å². The van der Waals surface area contributed by atoms with Crippen LogP contribution in [0.2, 0.25) is 0 Å². The minimum absolute atomic E-state index is 0.111. The Morgan fingerprint density at radius 1 is 1.15 bits per heavy atom. The van der Waals surface area contributed by atoms with Gasteiger partial charge in [0.2, 0.25) is 5.91 Å². The van der Waals surface area contributed by atoms with Crippen molar-refractivity contribution in [3.05, 3.63) is 60.4 Å². The number of hydrogen-bond donors (Lipinski definition) is 1. The second-order valence-electron chi connectivity index (χ2n) is 5.46. The number of fused-ring (bicyclic) bond motifs is 3. The monoisotopic (exact) mass is 384 g/mol. The molecule has 0 fully saturated rings. The van der Waals surface area contributed by atoms with Crippen LogP contribution in [-0.2, 0) is 11.3 Å². The number of pyridine rings is 1. The Kier molecular flexibility index (Phi) is 4.77. The lowest BCUT2D eigenvalue weighted by Gasteiger charge is -2.04. The topological polar surface area (TPSA) is 67.8 Å². The van der Waals surface area contributed by atoms with Crippen LogP contribution in [0.5, 0.6) is 0 Å². The van der Waals surface area contributed by atoms with Gasteiger partial charge >= 0.3 is 0 Å². The molecule has 0 bridgehead atoms. The van der Waals surface area contributed by atoms with Gasteiger partial charge in [0.05, 0.1) is 33.6 Å². The molecule has 1 N–H and O–H groups in total. The lowest BCUT2D eigenvalue weighted by Crippen LogP contribution is -2.25. The first-order chi connectivity index (χ1) is 12.7. The summed E-state index contributed by atoms with van der Waals surface area (Å²) in [5.74, 6) is -0.188. The van der Waals surface area contributed by atoms with E-state index in [-0.39, 0.29) is 17.5 Å². The first-order valence-corrected chi connectivity index (χ1v) is 9.64.